The maximum Gasteiger partial charge on any atom is 0.155 e. The first-order valence-electron chi connectivity index (χ1n) is 5.23. The van der Waals surface area contributed by atoms with E-state index in [9.17, 15) is 4.79 Å². The SMILES string of the molecule is CCC(C)C(N)C(=O)Cc1csc(C)n1. The van der Waals surface area contributed by atoms with Gasteiger partial charge >= 0.3 is 0 Å². The Morgan fingerprint density at radius 3 is 2.80 bits per heavy atom. The van der Waals surface area contributed by atoms with Crippen molar-refractivity contribution in [2.24, 2.45) is 11.7 Å². The van der Waals surface area contributed by atoms with Crippen LogP contribution >= 0.6 is 11.3 Å². The summed E-state index contributed by atoms with van der Waals surface area (Å²) >= 11 is 1.57. The number of Topliss-reactive ketones (excluding diaryl/α,β-unsaturated/α-hetero) is 1. The highest BCUT2D eigenvalue weighted by Gasteiger charge is 2.20. The molecule has 15 heavy (non-hydrogen) atoms. The smallest absolute Gasteiger partial charge is 0.155 e. The fourth-order valence-corrected chi connectivity index (χ4v) is 1.97. The summed E-state index contributed by atoms with van der Waals surface area (Å²) in [5.74, 6) is 0.340. The standard InChI is InChI=1S/C11H18N2OS/c1-4-7(2)11(12)10(14)5-9-6-15-8(3)13-9/h6-7,11H,4-5,12H2,1-3H3. The van der Waals surface area contributed by atoms with E-state index in [1.807, 2.05) is 26.2 Å². The van der Waals surface area contributed by atoms with Gasteiger partial charge in [0, 0.05) is 5.38 Å². The molecule has 1 aromatic rings. The van der Waals surface area contributed by atoms with Gasteiger partial charge in [0.15, 0.2) is 5.78 Å². The number of thiazole rings is 1. The van der Waals surface area contributed by atoms with Crippen molar-refractivity contribution >= 4 is 17.1 Å². The van der Waals surface area contributed by atoms with E-state index in [4.69, 9.17) is 5.73 Å². The third kappa shape index (κ3) is 3.39. The zero-order chi connectivity index (χ0) is 11.4. The zero-order valence-electron chi connectivity index (χ0n) is 9.49. The van der Waals surface area contributed by atoms with Crippen molar-refractivity contribution in [1.29, 1.82) is 0 Å². The first-order valence-corrected chi connectivity index (χ1v) is 6.11. The highest BCUT2D eigenvalue weighted by molar-refractivity contribution is 7.09. The lowest BCUT2D eigenvalue weighted by molar-refractivity contribution is -0.120. The van der Waals surface area contributed by atoms with Gasteiger partial charge in [0.2, 0.25) is 0 Å². The molecule has 0 bridgehead atoms. The zero-order valence-corrected chi connectivity index (χ0v) is 10.3. The third-order valence-corrected chi connectivity index (χ3v) is 3.47. The first kappa shape index (κ1) is 12.3. The number of ketones is 1. The summed E-state index contributed by atoms with van der Waals surface area (Å²) in [6, 6.07) is -0.350. The number of nitrogens with zero attached hydrogens (tertiary/aromatic N) is 1. The van der Waals surface area contributed by atoms with Crippen molar-refractivity contribution in [3.63, 3.8) is 0 Å². The molecule has 1 rings (SSSR count). The molecule has 1 heterocycles. The van der Waals surface area contributed by atoms with E-state index < -0.39 is 0 Å². The van der Waals surface area contributed by atoms with Crippen molar-refractivity contribution in [3.8, 4) is 0 Å². The summed E-state index contributed by atoms with van der Waals surface area (Å²) in [5, 5.41) is 2.92. The van der Waals surface area contributed by atoms with Gasteiger partial charge < -0.3 is 5.73 Å². The molecule has 0 radical (unpaired) electrons. The molecule has 1 aromatic heterocycles. The molecule has 0 amide bonds. The third-order valence-electron chi connectivity index (χ3n) is 2.65. The molecule has 4 heteroatoms. The normalized spacial score (nSPS) is 14.9. The largest absolute Gasteiger partial charge is 0.321 e. The van der Waals surface area contributed by atoms with Gasteiger partial charge in [-0.05, 0) is 12.8 Å². The lowest BCUT2D eigenvalue weighted by Gasteiger charge is -2.16. The van der Waals surface area contributed by atoms with Gasteiger partial charge in [-0.1, -0.05) is 20.3 Å². The maximum atomic E-state index is 11.8. The van der Waals surface area contributed by atoms with Crippen molar-refractivity contribution in [2.75, 3.05) is 0 Å². The average molecular weight is 226 g/mol. The van der Waals surface area contributed by atoms with Crippen molar-refractivity contribution < 1.29 is 4.79 Å². The Balaban J connectivity index is 2.55. The quantitative estimate of drug-likeness (QED) is 0.834. The van der Waals surface area contributed by atoms with Crippen LogP contribution in [0.1, 0.15) is 31.0 Å². The molecule has 0 spiro atoms. The van der Waals surface area contributed by atoms with E-state index >= 15 is 0 Å². The lowest BCUT2D eigenvalue weighted by atomic mass is 9.94. The van der Waals surface area contributed by atoms with Crippen LogP contribution in [0.2, 0.25) is 0 Å². The monoisotopic (exact) mass is 226 g/mol. The number of rotatable bonds is 5. The van der Waals surface area contributed by atoms with Gasteiger partial charge in [0.25, 0.3) is 0 Å². The van der Waals surface area contributed by atoms with E-state index in [1.165, 1.54) is 0 Å². The van der Waals surface area contributed by atoms with E-state index in [2.05, 4.69) is 4.98 Å². The number of aromatic nitrogens is 1. The van der Waals surface area contributed by atoms with Crippen molar-refractivity contribution in [3.05, 3.63) is 16.1 Å². The number of nitrogens with two attached hydrogens (primary N) is 1. The van der Waals surface area contributed by atoms with E-state index in [0.717, 1.165) is 17.1 Å². The Kier molecular flexibility index (Phi) is 4.42. The van der Waals surface area contributed by atoms with E-state index in [1.54, 1.807) is 11.3 Å². The highest BCUT2D eigenvalue weighted by Crippen LogP contribution is 2.12. The molecule has 2 unspecified atom stereocenters. The molecule has 0 saturated carbocycles. The molecule has 84 valence electrons. The molecule has 0 fully saturated rings. The Morgan fingerprint density at radius 2 is 2.33 bits per heavy atom. The number of carbonyl (C=O) groups is 1. The summed E-state index contributed by atoms with van der Waals surface area (Å²) in [4.78, 5) is 16.0. The second-order valence-electron chi connectivity index (χ2n) is 3.91. The van der Waals surface area contributed by atoms with Gasteiger partial charge in [0.05, 0.1) is 23.2 Å². The Hall–Kier alpha value is -0.740. The molecular formula is C11H18N2OS. The summed E-state index contributed by atoms with van der Waals surface area (Å²) in [6.45, 7) is 5.99. The average Bonchev–Trinajstić information content (AvgIpc) is 2.61. The molecule has 0 aromatic carbocycles. The Bertz CT molecular complexity index is 335. The van der Waals surface area contributed by atoms with Crippen molar-refractivity contribution in [2.45, 2.75) is 39.7 Å². The van der Waals surface area contributed by atoms with Crippen LogP contribution in [-0.2, 0) is 11.2 Å². The maximum absolute atomic E-state index is 11.8. The number of hydrogen-bond acceptors (Lipinski definition) is 4. The van der Waals surface area contributed by atoms with Gasteiger partial charge in [-0.3, -0.25) is 4.79 Å². The predicted octanol–water partition coefficient (Wildman–Crippen LogP) is 1.94. The molecular weight excluding hydrogens is 208 g/mol. The minimum absolute atomic E-state index is 0.0923. The van der Waals surface area contributed by atoms with E-state index in [0.29, 0.717) is 6.42 Å². The van der Waals surface area contributed by atoms with Crippen molar-refractivity contribution in [1.82, 2.24) is 4.98 Å². The molecule has 2 N–H and O–H groups in total. The van der Waals surface area contributed by atoms with E-state index in [-0.39, 0.29) is 17.7 Å². The molecule has 0 aliphatic heterocycles. The van der Waals surface area contributed by atoms with Crippen LogP contribution in [0.4, 0.5) is 0 Å². The number of aryl methyl sites for hydroxylation is 1. The fourth-order valence-electron chi connectivity index (χ4n) is 1.36. The Labute approximate surface area is 94.7 Å². The highest BCUT2D eigenvalue weighted by atomic mass is 32.1. The van der Waals surface area contributed by atoms with Crippen LogP contribution in [0.15, 0.2) is 5.38 Å². The molecule has 0 aliphatic carbocycles. The second-order valence-corrected chi connectivity index (χ2v) is 4.97. The number of hydrogen-bond donors (Lipinski definition) is 1. The van der Waals surface area contributed by atoms with Crippen LogP contribution in [0.3, 0.4) is 0 Å². The molecule has 0 aliphatic rings. The van der Waals surface area contributed by atoms with Crippen LogP contribution in [-0.4, -0.2) is 16.8 Å². The van der Waals surface area contributed by atoms with Gasteiger partial charge in [-0.25, -0.2) is 4.98 Å². The van der Waals surface area contributed by atoms with Gasteiger partial charge in [-0.15, -0.1) is 11.3 Å². The second kappa shape index (κ2) is 5.37. The molecule has 0 saturated heterocycles. The lowest BCUT2D eigenvalue weighted by Crippen LogP contribution is -2.37. The topological polar surface area (TPSA) is 56.0 Å². The summed E-state index contributed by atoms with van der Waals surface area (Å²) in [6.07, 6.45) is 1.30. The summed E-state index contributed by atoms with van der Waals surface area (Å²) in [5.41, 5.74) is 6.70. The minimum Gasteiger partial charge on any atom is -0.321 e. The summed E-state index contributed by atoms with van der Waals surface area (Å²) < 4.78 is 0. The molecule has 3 nitrogen and oxygen atoms in total. The van der Waals surface area contributed by atoms with Crippen LogP contribution in [0.5, 0.6) is 0 Å². The fraction of sp³-hybridized carbons (Fsp3) is 0.636. The van der Waals surface area contributed by atoms with Gasteiger partial charge in [-0.2, -0.15) is 0 Å². The first-order chi connectivity index (χ1) is 7.04. The van der Waals surface area contributed by atoms with Gasteiger partial charge in [0.1, 0.15) is 0 Å². The van der Waals surface area contributed by atoms with Crippen LogP contribution in [0, 0.1) is 12.8 Å². The Morgan fingerprint density at radius 1 is 1.67 bits per heavy atom. The molecule has 2 atom stereocenters. The minimum atomic E-state index is -0.350. The van der Waals surface area contributed by atoms with Crippen LogP contribution < -0.4 is 5.73 Å². The predicted molar refractivity (Wildman–Crippen MR) is 63.0 cm³/mol. The number of carbonyl (C=O) groups excluding carboxylic acids is 1. The van der Waals surface area contributed by atoms with Crippen LogP contribution in [0.25, 0.3) is 0 Å². The summed E-state index contributed by atoms with van der Waals surface area (Å²) in [7, 11) is 0.